The number of hydrogen-bond acceptors (Lipinski definition) is 4. The van der Waals surface area contributed by atoms with Crippen molar-refractivity contribution < 1.29 is 14.3 Å². The first-order valence-corrected chi connectivity index (χ1v) is 11.7. The zero-order chi connectivity index (χ0) is 24.1. The fraction of sp³-hybridized carbons (Fsp3) is 0.560. The van der Waals surface area contributed by atoms with Crippen LogP contribution in [0.5, 0.6) is 0 Å². The van der Waals surface area contributed by atoms with Crippen molar-refractivity contribution in [2.24, 2.45) is 11.3 Å². The molecular weight excluding hydrogens is 422 g/mol. The van der Waals surface area contributed by atoms with Gasteiger partial charge in [-0.2, -0.15) is 0 Å². The molecule has 176 valence electrons. The average Bonchev–Trinajstić information content (AvgIpc) is 2.66. The molecule has 32 heavy (non-hydrogen) atoms. The number of carbonyl (C=O) groups excluding carboxylic acids is 2. The molecule has 1 heterocycles. The monoisotopic (exact) mass is 459 g/mol. The van der Waals surface area contributed by atoms with E-state index in [-0.39, 0.29) is 23.2 Å². The van der Waals surface area contributed by atoms with Crippen molar-refractivity contribution in [3.05, 3.63) is 41.1 Å². The lowest BCUT2D eigenvalue weighted by molar-refractivity contribution is -0.139. The number of amides is 1. The molecule has 1 amide bonds. The third-order valence-electron chi connectivity index (χ3n) is 5.41. The second-order valence-corrected chi connectivity index (χ2v) is 9.98. The van der Waals surface area contributed by atoms with Crippen molar-refractivity contribution >= 4 is 34.9 Å². The SMILES string of the molecule is CCOC(=O)C1=C(C)N(CC)C(=S)N[C@@H]1c1cccc(NC(=O)C[C@@H](C)CC(C)(C)C)c1. The molecule has 1 aliphatic heterocycles. The van der Waals surface area contributed by atoms with Crippen LogP contribution in [0, 0.1) is 11.3 Å². The molecule has 1 aromatic carbocycles. The highest BCUT2D eigenvalue weighted by molar-refractivity contribution is 7.80. The molecule has 1 aromatic rings. The van der Waals surface area contributed by atoms with Crippen LogP contribution >= 0.6 is 12.2 Å². The number of nitrogens with zero attached hydrogens (tertiary/aromatic N) is 1. The second-order valence-electron chi connectivity index (χ2n) is 9.59. The zero-order valence-corrected chi connectivity index (χ0v) is 21.2. The molecule has 0 fully saturated rings. The van der Waals surface area contributed by atoms with Crippen LogP contribution in [0.3, 0.4) is 0 Å². The predicted molar refractivity (Wildman–Crippen MR) is 133 cm³/mol. The lowest BCUT2D eigenvalue weighted by atomic mass is 9.84. The first-order valence-electron chi connectivity index (χ1n) is 11.3. The van der Waals surface area contributed by atoms with E-state index in [9.17, 15) is 9.59 Å². The molecular formula is C25H37N3O3S. The van der Waals surface area contributed by atoms with Gasteiger partial charge in [0, 0.05) is 24.4 Å². The van der Waals surface area contributed by atoms with Gasteiger partial charge in [-0.1, -0.05) is 39.8 Å². The van der Waals surface area contributed by atoms with Gasteiger partial charge < -0.3 is 20.3 Å². The normalized spacial score (nSPS) is 17.7. The molecule has 2 rings (SSSR count). The van der Waals surface area contributed by atoms with Crippen LogP contribution < -0.4 is 10.6 Å². The Morgan fingerprint density at radius 2 is 1.97 bits per heavy atom. The lowest BCUT2D eigenvalue weighted by Crippen LogP contribution is -2.47. The van der Waals surface area contributed by atoms with Crippen LogP contribution in [0.4, 0.5) is 5.69 Å². The minimum Gasteiger partial charge on any atom is -0.463 e. The first kappa shape index (κ1) is 25.8. The Morgan fingerprint density at radius 3 is 2.56 bits per heavy atom. The molecule has 0 radical (unpaired) electrons. The summed E-state index contributed by atoms with van der Waals surface area (Å²) in [7, 11) is 0. The summed E-state index contributed by atoms with van der Waals surface area (Å²) in [5.41, 5.74) is 3.04. The Hall–Kier alpha value is -2.41. The Kier molecular flexibility index (Phi) is 8.84. The minimum atomic E-state index is -0.444. The van der Waals surface area contributed by atoms with Crippen LogP contribution in [0.1, 0.15) is 72.9 Å². The molecule has 0 unspecified atom stereocenters. The van der Waals surface area contributed by atoms with E-state index >= 15 is 0 Å². The topological polar surface area (TPSA) is 70.7 Å². The molecule has 0 spiro atoms. The quantitative estimate of drug-likeness (QED) is 0.413. The Balaban J connectivity index is 2.27. The number of esters is 1. The van der Waals surface area contributed by atoms with Crippen LogP contribution in [0.15, 0.2) is 35.5 Å². The minimum absolute atomic E-state index is 0.0134. The van der Waals surface area contributed by atoms with E-state index in [0.29, 0.717) is 35.9 Å². The smallest absolute Gasteiger partial charge is 0.338 e. The molecule has 2 atom stereocenters. The number of carbonyl (C=O) groups is 2. The van der Waals surface area contributed by atoms with Gasteiger partial charge in [-0.15, -0.1) is 0 Å². The van der Waals surface area contributed by atoms with E-state index < -0.39 is 6.04 Å². The highest BCUT2D eigenvalue weighted by Crippen LogP contribution is 2.32. The van der Waals surface area contributed by atoms with Gasteiger partial charge in [0.25, 0.3) is 0 Å². The average molecular weight is 460 g/mol. The maximum Gasteiger partial charge on any atom is 0.338 e. The fourth-order valence-electron chi connectivity index (χ4n) is 4.33. The molecule has 0 aliphatic carbocycles. The summed E-state index contributed by atoms with van der Waals surface area (Å²) in [5, 5.41) is 6.85. The van der Waals surface area contributed by atoms with Gasteiger partial charge in [-0.05, 0) is 68.4 Å². The van der Waals surface area contributed by atoms with Gasteiger partial charge in [0.1, 0.15) is 0 Å². The maximum absolute atomic E-state index is 12.8. The predicted octanol–water partition coefficient (Wildman–Crippen LogP) is 5.18. The molecule has 2 N–H and O–H groups in total. The number of benzene rings is 1. The van der Waals surface area contributed by atoms with Gasteiger partial charge in [-0.25, -0.2) is 4.79 Å². The summed E-state index contributed by atoms with van der Waals surface area (Å²) in [5.74, 6) is -0.0917. The number of thiocarbonyl (C=S) groups is 1. The molecule has 6 nitrogen and oxygen atoms in total. The fourth-order valence-corrected chi connectivity index (χ4v) is 4.71. The molecule has 7 heteroatoms. The Labute approximate surface area is 197 Å². The summed E-state index contributed by atoms with van der Waals surface area (Å²) in [6.07, 6.45) is 1.44. The van der Waals surface area contributed by atoms with Gasteiger partial charge in [-0.3, -0.25) is 4.79 Å². The number of rotatable bonds is 8. The second kappa shape index (κ2) is 10.9. The third-order valence-corrected chi connectivity index (χ3v) is 5.74. The van der Waals surface area contributed by atoms with Crippen molar-refractivity contribution in [1.29, 1.82) is 0 Å². The Morgan fingerprint density at radius 1 is 1.28 bits per heavy atom. The van der Waals surface area contributed by atoms with Crippen molar-refractivity contribution in [3.8, 4) is 0 Å². The number of anilines is 1. The van der Waals surface area contributed by atoms with Crippen molar-refractivity contribution in [2.75, 3.05) is 18.5 Å². The molecule has 0 saturated carbocycles. The van der Waals surface area contributed by atoms with Crippen molar-refractivity contribution in [1.82, 2.24) is 10.2 Å². The van der Waals surface area contributed by atoms with Crippen LogP contribution in [0.2, 0.25) is 0 Å². The van der Waals surface area contributed by atoms with Crippen LogP contribution in [-0.2, 0) is 14.3 Å². The summed E-state index contributed by atoms with van der Waals surface area (Å²) >= 11 is 5.54. The van der Waals surface area contributed by atoms with E-state index in [4.69, 9.17) is 17.0 Å². The molecule has 0 saturated heterocycles. The number of hydrogen-bond donors (Lipinski definition) is 2. The van der Waals surface area contributed by atoms with Gasteiger partial charge in [0.05, 0.1) is 18.2 Å². The lowest BCUT2D eigenvalue weighted by Gasteiger charge is -2.37. The van der Waals surface area contributed by atoms with Crippen molar-refractivity contribution in [3.63, 3.8) is 0 Å². The molecule has 0 bridgehead atoms. The largest absolute Gasteiger partial charge is 0.463 e. The van der Waals surface area contributed by atoms with Gasteiger partial charge in [0.2, 0.25) is 5.91 Å². The van der Waals surface area contributed by atoms with Gasteiger partial charge >= 0.3 is 5.97 Å². The standard InChI is InChI=1S/C25H37N3O3S/c1-8-28-17(4)21(23(30)31-9-2)22(27-24(28)32)18-11-10-12-19(14-18)26-20(29)13-16(3)15-25(5,6)7/h10-12,14,16,22H,8-9,13,15H2,1-7H3,(H,26,29)(H,27,32)/t16-,22-/m1/s1. The van der Waals surface area contributed by atoms with Gasteiger partial charge in [0.15, 0.2) is 5.11 Å². The van der Waals surface area contributed by atoms with E-state index in [1.165, 1.54) is 0 Å². The summed E-state index contributed by atoms with van der Waals surface area (Å²) in [6.45, 7) is 15.3. The number of allylic oxidation sites excluding steroid dienone is 1. The summed E-state index contributed by atoms with van der Waals surface area (Å²) in [6, 6.07) is 7.10. The summed E-state index contributed by atoms with van der Waals surface area (Å²) in [4.78, 5) is 27.3. The number of ether oxygens (including phenoxy) is 1. The summed E-state index contributed by atoms with van der Waals surface area (Å²) < 4.78 is 5.33. The highest BCUT2D eigenvalue weighted by atomic mass is 32.1. The Bertz CT molecular complexity index is 889. The van der Waals surface area contributed by atoms with E-state index in [1.807, 2.05) is 43.0 Å². The molecule has 0 aromatic heterocycles. The number of nitrogens with one attached hydrogen (secondary N) is 2. The van der Waals surface area contributed by atoms with E-state index in [0.717, 1.165) is 17.7 Å². The highest BCUT2D eigenvalue weighted by Gasteiger charge is 2.34. The van der Waals surface area contributed by atoms with E-state index in [2.05, 4.69) is 38.3 Å². The zero-order valence-electron chi connectivity index (χ0n) is 20.4. The van der Waals surface area contributed by atoms with Crippen LogP contribution in [-0.4, -0.2) is 35.0 Å². The maximum atomic E-state index is 12.8. The van der Waals surface area contributed by atoms with Crippen LogP contribution in [0.25, 0.3) is 0 Å². The third kappa shape index (κ3) is 6.79. The van der Waals surface area contributed by atoms with Crippen molar-refractivity contribution in [2.45, 2.75) is 67.3 Å². The first-order chi connectivity index (χ1) is 15.0. The van der Waals surface area contributed by atoms with E-state index in [1.54, 1.807) is 6.92 Å². The molecule has 1 aliphatic rings.